The first-order valence-corrected chi connectivity index (χ1v) is 24.7. The number of carbonyl (C=O) groups is 2. The molecule has 0 radical (unpaired) electrons. The molecular formula is C53H55N14O6+. The van der Waals surface area contributed by atoms with Crippen LogP contribution in [0.25, 0.3) is 68.6 Å². The first-order chi connectivity index (χ1) is 35.7. The van der Waals surface area contributed by atoms with Gasteiger partial charge < -0.3 is 34.5 Å². The second kappa shape index (κ2) is 19.3. The fraction of sp³-hybridized carbons (Fsp3) is 0.321. The van der Waals surface area contributed by atoms with Gasteiger partial charge in [-0.3, -0.25) is 29.8 Å². The molecule has 2 amide bonds. The van der Waals surface area contributed by atoms with E-state index in [1.807, 2.05) is 98.7 Å². The van der Waals surface area contributed by atoms with Crippen molar-refractivity contribution in [2.24, 2.45) is 14.1 Å². The molecule has 2 fully saturated rings. The Balaban J connectivity index is 0.734. The van der Waals surface area contributed by atoms with Crippen LogP contribution < -0.4 is 34.3 Å². The van der Waals surface area contributed by atoms with Gasteiger partial charge in [-0.15, -0.1) is 4.68 Å². The molecule has 1 atom stereocenters. The predicted octanol–water partition coefficient (Wildman–Crippen LogP) is 5.09. The van der Waals surface area contributed by atoms with Crippen molar-refractivity contribution in [3.8, 4) is 45.8 Å². The van der Waals surface area contributed by atoms with Gasteiger partial charge in [0.2, 0.25) is 18.7 Å². The lowest BCUT2D eigenvalue weighted by atomic mass is 10.1. The summed E-state index contributed by atoms with van der Waals surface area (Å²) in [5, 5.41) is 28.0. The van der Waals surface area contributed by atoms with Crippen molar-refractivity contribution in [1.29, 1.82) is 0 Å². The molecule has 12 rings (SSSR count). The minimum atomic E-state index is -0.168. The summed E-state index contributed by atoms with van der Waals surface area (Å²) >= 11 is 0. The Morgan fingerprint density at radius 1 is 0.671 bits per heavy atom. The highest BCUT2D eigenvalue weighted by Gasteiger charge is 2.31. The molecule has 0 aliphatic carbocycles. The Kier molecular flexibility index (Phi) is 12.1. The Morgan fingerprint density at radius 2 is 1.25 bits per heavy atom. The summed E-state index contributed by atoms with van der Waals surface area (Å²) in [4.78, 5) is 41.1. The molecule has 372 valence electrons. The first-order valence-electron chi connectivity index (χ1n) is 24.7. The number of likely N-dealkylation sites (tertiary alicyclic amines) is 2. The molecule has 20 nitrogen and oxygen atoms in total. The average Bonchev–Trinajstić information content (AvgIpc) is 4.24. The number of aromatic nitrogens is 10. The van der Waals surface area contributed by atoms with Crippen LogP contribution in [0.3, 0.4) is 0 Å². The standard InChI is InChI=1S/C53H54N14O6/c1-63-27-37(28-63)58-51(69)35-9-7-33-11-13-43-39-23-45(55-26-47(39)62-60-43)41-30-67(65(3)53(41)73-19-5-17-71-49(33)21-35)31-66-15-14-36(29-66)57-50(68)34-8-6-32-10-12-42-38-22-44(54-25-46(38)61-59-42)40-24-56-64(2)52(40)72-18-4-16-70-48(32)20-34/h6-13,20-26,30,36-37H,4-5,14-19,27-29,31H2,1-3H3,(H3-,54,55,57,58,59,60,61,62,68,69)/p+1. The Morgan fingerprint density at radius 3 is 1.86 bits per heavy atom. The molecular weight excluding hydrogens is 929 g/mol. The molecule has 6 aromatic heterocycles. The van der Waals surface area contributed by atoms with Crippen molar-refractivity contribution in [1.82, 2.24) is 65.3 Å². The summed E-state index contributed by atoms with van der Waals surface area (Å²) in [6, 6.07) is 15.2. The molecule has 73 heavy (non-hydrogen) atoms. The molecule has 2 saturated heterocycles. The van der Waals surface area contributed by atoms with Gasteiger partial charge in [0, 0.05) is 85.1 Å². The van der Waals surface area contributed by atoms with Gasteiger partial charge in [-0.2, -0.15) is 15.3 Å². The predicted molar refractivity (Wildman–Crippen MR) is 273 cm³/mol. The largest absolute Gasteiger partial charge is 0.493 e. The van der Waals surface area contributed by atoms with E-state index in [1.165, 1.54) is 0 Å². The molecule has 20 heteroatoms. The number of nitrogens with one attached hydrogen (secondary N) is 4. The number of carbonyl (C=O) groups excluding carboxylic acids is 2. The summed E-state index contributed by atoms with van der Waals surface area (Å²) in [7, 11) is 5.86. The smallest absolute Gasteiger partial charge is 0.261 e. The van der Waals surface area contributed by atoms with Crippen LogP contribution in [0.1, 0.15) is 62.5 Å². The number of hydrogen-bond acceptors (Lipinski definition) is 13. The minimum absolute atomic E-state index is 0.0705. The number of amides is 2. The third-order valence-electron chi connectivity index (χ3n) is 13.9. The minimum Gasteiger partial charge on any atom is -0.493 e. The van der Waals surface area contributed by atoms with Crippen molar-refractivity contribution >= 4 is 57.9 Å². The van der Waals surface area contributed by atoms with Crippen molar-refractivity contribution in [3.05, 3.63) is 107 Å². The van der Waals surface area contributed by atoms with Crippen LogP contribution in [0.4, 0.5) is 0 Å². The Labute approximate surface area is 419 Å². The van der Waals surface area contributed by atoms with E-state index in [1.54, 1.807) is 23.3 Å². The number of fused-ring (bicyclic) bond motifs is 8. The third kappa shape index (κ3) is 9.25. The van der Waals surface area contributed by atoms with E-state index in [4.69, 9.17) is 23.9 Å². The lowest BCUT2D eigenvalue weighted by molar-refractivity contribution is -0.788. The van der Waals surface area contributed by atoms with Gasteiger partial charge in [-0.05, 0) is 74.2 Å². The van der Waals surface area contributed by atoms with Gasteiger partial charge in [0.25, 0.3) is 17.7 Å². The molecule has 0 spiro atoms. The molecule has 8 aromatic rings. The number of rotatable bonds is 6. The monoisotopic (exact) mass is 983 g/mol. The second-order valence-electron chi connectivity index (χ2n) is 19.1. The van der Waals surface area contributed by atoms with Crippen molar-refractivity contribution in [2.75, 3.05) is 59.7 Å². The van der Waals surface area contributed by atoms with E-state index >= 15 is 0 Å². The van der Waals surface area contributed by atoms with Crippen LogP contribution >= 0.6 is 0 Å². The number of benzene rings is 2. The first kappa shape index (κ1) is 45.8. The highest BCUT2D eigenvalue weighted by molar-refractivity contribution is 5.97. The highest BCUT2D eigenvalue weighted by Crippen LogP contribution is 2.34. The number of aryl methyl sites for hydroxylation is 1. The fourth-order valence-corrected chi connectivity index (χ4v) is 9.91. The van der Waals surface area contributed by atoms with Gasteiger partial charge in [-0.25, -0.2) is 9.58 Å². The van der Waals surface area contributed by atoms with E-state index in [9.17, 15) is 9.59 Å². The van der Waals surface area contributed by atoms with E-state index in [0.29, 0.717) is 86.9 Å². The lowest BCUT2D eigenvalue weighted by Crippen LogP contribution is -2.57. The summed E-state index contributed by atoms with van der Waals surface area (Å²) in [6.45, 7) is 5.19. The van der Waals surface area contributed by atoms with Crippen LogP contribution in [0.15, 0.2) is 73.3 Å². The van der Waals surface area contributed by atoms with Gasteiger partial charge in [0.15, 0.2) is 0 Å². The van der Waals surface area contributed by atoms with Crippen LogP contribution in [0, 0.1) is 0 Å². The Hall–Kier alpha value is -8.36. The quantitative estimate of drug-likeness (QED) is 0.160. The van der Waals surface area contributed by atoms with Gasteiger partial charge in [0.05, 0.1) is 97.5 Å². The number of H-pyrrole nitrogens is 2. The van der Waals surface area contributed by atoms with Gasteiger partial charge in [0.1, 0.15) is 17.1 Å². The second-order valence-corrected chi connectivity index (χ2v) is 19.1. The normalized spacial score (nSPS) is 18.3. The SMILES string of the molecule is CN1CC(NC(=O)c2ccc3c(c2)OCCCOc2c(c[n+](CN4CCC(NC(=O)c5ccc6c(c5)OCCCOc5c(cnn5C)-c5cc7c(n[nH]c7cn5)/C=C/6)C4)n2C)-c2cc4c(n[nH]c4cn2)/C=C/3)C1. The topological polar surface area (TPSA) is 211 Å². The molecule has 4 N–H and O–H groups in total. The molecule has 4 aliphatic rings. The number of pyridine rings is 2. The summed E-state index contributed by atoms with van der Waals surface area (Å²) in [6.07, 6.45) is 17.2. The van der Waals surface area contributed by atoms with Crippen LogP contribution in [-0.2, 0) is 20.8 Å². The summed E-state index contributed by atoms with van der Waals surface area (Å²) in [5.74, 6) is 2.20. The zero-order valence-corrected chi connectivity index (χ0v) is 40.8. The zero-order chi connectivity index (χ0) is 49.6. The number of nitrogens with zero attached hydrogens (tertiary/aromatic N) is 10. The third-order valence-corrected chi connectivity index (χ3v) is 13.9. The van der Waals surface area contributed by atoms with Crippen molar-refractivity contribution in [2.45, 2.75) is 38.0 Å². The fourth-order valence-electron chi connectivity index (χ4n) is 9.91. The number of ether oxygens (including phenoxy) is 4. The van der Waals surface area contributed by atoms with Crippen molar-refractivity contribution in [3.63, 3.8) is 0 Å². The maximum Gasteiger partial charge on any atom is 0.261 e. The van der Waals surface area contributed by atoms with Gasteiger partial charge in [-0.1, -0.05) is 16.8 Å². The maximum atomic E-state index is 14.0. The molecule has 4 aliphatic heterocycles. The van der Waals surface area contributed by atoms with Crippen LogP contribution in [-0.4, -0.2) is 138 Å². The number of aromatic amines is 2. The highest BCUT2D eigenvalue weighted by atomic mass is 16.5. The Bertz CT molecular complexity index is 3470. The molecule has 10 heterocycles. The van der Waals surface area contributed by atoms with E-state index in [0.717, 1.165) is 92.9 Å². The number of likely N-dealkylation sites (N-methyl/N-ethyl adjacent to an activating group) is 1. The molecule has 2 aromatic carbocycles. The maximum absolute atomic E-state index is 14.0. The van der Waals surface area contributed by atoms with Crippen molar-refractivity contribution < 1.29 is 33.2 Å². The lowest BCUT2D eigenvalue weighted by Gasteiger charge is -2.36. The van der Waals surface area contributed by atoms with Crippen LogP contribution in [0.5, 0.6) is 23.3 Å². The van der Waals surface area contributed by atoms with E-state index in [2.05, 4.69) is 61.8 Å². The molecule has 0 saturated carbocycles. The van der Waals surface area contributed by atoms with Crippen LogP contribution in [0.2, 0.25) is 0 Å². The van der Waals surface area contributed by atoms with E-state index in [-0.39, 0.29) is 23.9 Å². The summed E-state index contributed by atoms with van der Waals surface area (Å²) in [5.41, 5.74) is 8.91. The zero-order valence-electron chi connectivity index (χ0n) is 40.8. The number of hydrogen-bond donors (Lipinski definition) is 4. The van der Waals surface area contributed by atoms with Gasteiger partial charge >= 0.3 is 0 Å². The molecule has 4 bridgehead atoms. The average molecular weight is 984 g/mol. The molecule has 1 unspecified atom stereocenters. The van der Waals surface area contributed by atoms with E-state index < -0.39 is 0 Å². The summed E-state index contributed by atoms with van der Waals surface area (Å²) < 4.78 is 31.3.